The quantitative estimate of drug-likeness (QED) is 0.488. The molecule has 5 rings (SSSR count). The van der Waals surface area contributed by atoms with Crippen LogP contribution >= 0.6 is 0 Å². The van der Waals surface area contributed by atoms with Crippen LogP contribution in [0.1, 0.15) is 38.9 Å². The van der Waals surface area contributed by atoms with Gasteiger partial charge in [0.1, 0.15) is 11.4 Å². The zero-order chi connectivity index (χ0) is 20.8. The fourth-order valence-corrected chi connectivity index (χ4v) is 4.03. The van der Waals surface area contributed by atoms with Crippen molar-refractivity contribution in [3.63, 3.8) is 0 Å². The van der Waals surface area contributed by atoms with Crippen molar-refractivity contribution in [2.45, 2.75) is 19.5 Å². The number of rotatable bonds is 3. The Balaban J connectivity index is 1.74. The molecule has 3 aromatic carbocycles. The van der Waals surface area contributed by atoms with Gasteiger partial charge >= 0.3 is 0 Å². The molecule has 1 aliphatic heterocycles. The molecular formula is C25H18FNO3. The Labute approximate surface area is 172 Å². The summed E-state index contributed by atoms with van der Waals surface area (Å²) in [4.78, 5) is 28.3. The molecule has 0 aliphatic carbocycles. The minimum Gasteiger partial charge on any atom is -0.450 e. The number of aryl methyl sites for hydroxylation is 1. The summed E-state index contributed by atoms with van der Waals surface area (Å²) in [5.74, 6) is -0.838. The van der Waals surface area contributed by atoms with Crippen LogP contribution in [0.4, 0.5) is 4.39 Å². The summed E-state index contributed by atoms with van der Waals surface area (Å²) in [6, 6.07) is 20.5. The number of amides is 1. The molecule has 0 saturated carbocycles. The van der Waals surface area contributed by atoms with Crippen molar-refractivity contribution < 1.29 is 13.6 Å². The third-order valence-corrected chi connectivity index (χ3v) is 5.52. The normalized spacial score (nSPS) is 15.6. The molecule has 1 atom stereocenters. The van der Waals surface area contributed by atoms with Crippen molar-refractivity contribution >= 4 is 16.9 Å². The van der Waals surface area contributed by atoms with Gasteiger partial charge in [0.05, 0.1) is 17.0 Å². The lowest BCUT2D eigenvalue weighted by molar-refractivity contribution is 0.0714. The molecule has 5 heteroatoms. The fourth-order valence-electron chi connectivity index (χ4n) is 4.03. The first-order valence-electron chi connectivity index (χ1n) is 9.70. The van der Waals surface area contributed by atoms with Gasteiger partial charge in [-0.05, 0) is 36.2 Å². The maximum atomic E-state index is 13.8. The van der Waals surface area contributed by atoms with Crippen LogP contribution in [0, 0.1) is 12.7 Å². The van der Waals surface area contributed by atoms with Gasteiger partial charge in [0.25, 0.3) is 5.91 Å². The van der Waals surface area contributed by atoms with Crippen LogP contribution in [0.3, 0.4) is 0 Å². The van der Waals surface area contributed by atoms with Crippen molar-refractivity contribution in [3.8, 4) is 0 Å². The first-order chi connectivity index (χ1) is 14.5. The summed E-state index contributed by atoms with van der Waals surface area (Å²) < 4.78 is 19.7. The molecule has 0 N–H and O–H groups in total. The Hall–Kier alpha value is -3.73. The largest absolute Gasteiger partial charge is 0.450 e. The molecule has 0 saturated heterocycles. The van der Waals surface area contributed by atoms with E-state index < -0.39 is 11.9 Å². The number of benzene rings is 3. The van der Waals surface area contributed by atoms with Crippen LogP contribution in [0.5, 0.6) is 0 Å². The smallest absolute Gasteiger partial charge is 0.291 e. The number of halogens is 1. The minimum atomic E-state index is -0.600. The van der Waals surface area contributed by atoms with Gasteiger partial charge in [-0.1, -0.05) is 60.2 Å². The van der Waals surface area contributed by atoms with Crippen molar-refractivity contribution in [1.29, 1.82) is 0 Å². The molecule has 4 nitrogen and oxygen atoms in total. The summed E-state index contributed by atoms with van der Waals surface area (Å²) in [6.07, 6.45) is 0. The third kappa shape index (κ3) is 2.90. The third-order valence-electron chi connectivity index (χ3n) is 5.52. The van der Waals surface area contributed by atoms with Crippen molar-refractivity contribution in [2.24, 2.45) is 0 Å². The highest BCUT2D eigenvalue weighted by Crippen LogP contribution is 2.39. The van der Waals surface area contributed by atoms with Crippen LogP contribution in [0.25, 0.3) is 11.0 Å². The highest BCUT2D eigenvalue weighted by Gasteiger charge is 2.42. The lowest BCUT2D eigenvalue weighted by Gasteiger charge is -2.25. The van der Waals surface area contributed by atoms with E-state index in [1.54, 1.807) is 4.90 Å². The van der Waals surface area contributed by atoms with E-state index in [1.165, 1.54) is 12.1 Å². The van der Waals surface area contributed by atoms with Gasteiger partial charge in [-0.3, -0.25) is 9.59 Å². The molecule has 2 heterocycles. The molecule has 0 unspecified atom stereocenters. The first kappa shape index (κ1) is 18.3. The van der Waals surface area contributed by atoms with Crippen LogP contribution in [-0.2, 0) is 6.54 Å². The predicted molar refractivity (Wildman–Crippen MR) is 112 cm³/mol. The van der Waals surface area contributed by atoms with E-state index >= 15 is 0 Å². The number of carbonyl (C=O) groups is 1. The molecule has 0 radical (unpaired) electrons. The second-order valence-electron chi connectivity index (χ2n) is 7.55. The molecule has 0 fully saturated rings. The number of nitrogens with zero attached hydrogens (tertiary/aromatic N) is 1. The topological polar surface area (TPSA) is 50.5 Å². The molecular weight excluding hydrogens is 381 g/mol. The highest BCUT2D eigenvalue weighted by molar-refractivity contribution is 5.99. The van der Waals surface area contributed by atoms with Crippen molar-refractivity contribution in [2.75, 3.05) is 0 Å². The molecule has 148 valence electrons. The van der Waals surface area contributed by atoms with Crippen LogP contribution in [-0.4, -0.2) is 10.8 Å². The van der Waals surface area contributed by atoms with Gasteiger partial charge in [0.2, 0.25) is 5.76 Å². The zero-order valence-electron chi connectivity index (χ0n) is 16.3. The molecule has 30 heavy (non-hydrogen) atoms. The molecule has 1 aliphatic rings. The summed E-state index contributed by atoms with van der Waals surface area (Å²) in [5.41, 5.74) is 2.92. The Morgan fingerprint density at radius 3 is 2.43 bits per heavy atom. The van der Waals surface area contributed by atoms with Crippen LogP contribution in [0.2, 0.25) is 0 Å². The Bertz CT molecular complexity index is 1330. The van der Waals surface area contributed by atoms with Gasteiger partial charge in [-0.25, -0.2) is 4.39 Å². The summed E-state index contributed by atoms with van der Waals surface area (Å²) in [6.45, 7) is 2.30. The Morgan fingerprint density at radius 1 is 0.967 bits per heavy atom. The number of hydrogen-bond donors (Lipinski definition) is 0. The zero-order valence-corrected chi connectivity index (χ0v) is 16.3. The lowest BCUT2D eigenvalue weighted by atomic mass is 9.97. The van der Waals surface area contributed by atoms with Gasteiger partial charge in [-0.15, -0.1) is 0 Å². The molecule has 1 aromatic heterocycles. The number of hydrogen-bond acceptors (Lipinski definition) is 3. The van der Waals surface area contributed by atoms with E-state index in [0.717, 1.165) is 22.8 Å². The van der Waals surface area contributed by atoms with E-state index in [4.69, 9.17) is 4.42 Å². The number of fused-ring (bicyclic) bond motifs is 2. The lowest BCUT2D eigenvalue weighted by Crippen LogP contribution is -2.29. The Morgan fingerprint density at radius 2 is 1.70 bits per heavy atom. The van der Waals surface area contributed by atoms with E-state index in [-0.39, 0.29) is 33.6 Å². The maximum absolute atomic E-state index is 13.8. The first-order valence-corrected chi connectivity index (χ1v) is 9.70. The molecule has 4 aromatic rings. The summed E-state index contributed by atoms with van der Waals surface area (Å²) in [5, 5.41) is 0.139. The maximum Gasteiger partial charge on any atom is 0.291 e. The SMILES string of the molecule is Cc1ccc([C@H]2c3c(oc4ccc(F)cc4c3=O)C(=O)N2Cc2ccccc2)cc1. The highest BCUT2D eigenvalue weighted by atomic mass is 19.1. The van der Waals surface area contributed by atoms with Crippen molar-refractivity contribution in [3.05, 3.63) is 117 Å². The number of carbonyl (C=O) groups excluding carboxylic acids is 1. The standard InChI is InChI=1S/C25H18FNO3/c1-15-7-9-17(10-8-15)22-21-23(28)19-13-18(26)11-12-20(19)30-24(21)25(29)27(22)14-16-5-3-2-4-6-16/h2-13,22H,14H2,1H3/t22-/m0/s1. The summed E-state index contributed by atoms with van der Waals surface area (Å²) in [7, 11) is 0. The second-order valence-corrected chi connectivity index (χ2v) is 7.55. The van der Waals surface area contributed by atoms with Gasteiger partial charge < -0.3 is 9.32 Å². The molecule has 0 spiro atoms. The average Bonchev–Trinajstić information content (AvgIpc) is 3.02. The second kappa shape index (κ2) is 6.95. The minimum absolute atomic E-state index is 0.0283. The fraction of sp³-hybridized carbons (Fsp3) is 0.120. The van der Waals surface area contributed by atoms with Gasteiger partial charge in [-0.2, -0.15) is 0 Å². The Kier molecular flexibility index (Phi) is 4.24. The monoisotopic (exact) mass is 399 g/mol. The van der Waals surface area contributed by atoms with E-state index in [9.17, 15) is 14.0 Å². The van der Waals surface area contributed by atoms with Crippen LogP contribution in [0.15, 0.2) is 82.0 Å². The van der Waals surface area contributed by atoms with E-state index in [2.05, 4.69) is 0 Å². The van der Waals surface area contributed by atoms with E-state index in [0.29, 0.717) is 6.54 Å². The van der Waals surface area contributed by atoms with Crippen molar-refractivity contribution in [1.82, 2.24) is 4.90 Å². The molecule has 1 amide bonds. The van der Waals surface area contributed by atoms with Crippen LogP contribution < -0.4 is 5.43 Å². The van der Waals surface area contributed by atoms with Gasteiger partial charge in [0, 0.05) is 6.54 Å². The summed E-state index contributed by atoms with van der Waals surface area (Å²) >= 11 is 0. The van der Waals surface area contributed by atoms with Gasteiger partial charge in [0.15, 0.2) is 5.43 Å². The average molecular weight is 399 g/mol. The van der Waals surface area contributed by atoms with E-state index in [1.807, 2.05) is 61.5 Å². The molecule has 0 bridgehead atoms. The predicted octanol–water partition coefficient (Wildman–Crippen LogP) is 4.99.